The van der Waals surface area contributed by atoms with E-state index in [1.807, 2.05) is 0 Å². The van der Waals surface area contributed by atoms with Gasteiger partial charge in [0.2, 0.25) is 0 Å². The lowest BCUT2D eigenvalue weighted by atomic mass is 10.1. The van der Waals surface area contributed by atoms with E-state index in [9.17, 15) is 4.79 Å². The first-order valence-corrected chi connectivity index (χ1v) is 10.6. The molecule has 0 heterocycles. The average molecular weight is 358 g/mol. The summed E-state index contributed by atoms with van der Waals surface area (Å²) in [5.41, 5.74) is 0. The molecule has 0 aliphatic rings. The van der Waals surface area contributed by atoms with Crippen LogP contribution < -0.4 is 4.74 Å². The lowest BCUT2D eigenvalue weighted by molar-refractivity contribution is -0.134. The van der Waals surface area contributed by atoms with Gasteiger partial charge in [0.05, 0.1) is 0 Å². The summed E-state index contributed by atoms with van der Waals surface area (Å²) in [5.74, 6) is 0.482. The maximum Gasteiger partial charge on any atom is 0.311 e. The minimum atomic E-state index is -0.131. The van der Waals surface area contributed by atoms with Crippen molar-refractivity contribution in [3.05, 3.63) is 42.5 Å². The van der Waals surface area contributed by atoms with Gasteiger partial charge in [0, 0.05) is 6.42 Å². The van der Waals surface area contributed by atoms with E-state index in [0.29, 0.717) is 12.2 Å². The molecule has 0 saturated carbocycles. The molecule has 0 bridgehead atoms. The molecule has 26 heavy (non-hydrogen) atoms. The normalized spacial score (nSPS) is 11.1. The number of ether oxygens (including phenoxy) is 1. The standard InChI is InChI=1S/C24H37O2/c1-2-3-4-5-6-7-8-9-10-11-12-13-14-15-19-22-24(25)26-23-20-17-16-18-21-23/h9-10,17-18,20-21H,2-8,11-15,19,22H2,1H3/b10-9-. The molecule has 0 unspecified atom stereocenters. The molecular weight excluding hydrogens is 320 g/mol. The average Bonchev–Trinajstić information content (AvgIpc) is 2.65. The maximum absolute atomic E-state index is 11.7. The molecule has 2 nitrogen and oxygen atoms in total. The Morgan fingerprint density at radius 1 is 0.846 bits per heavy atom. The number of benzene rings is 1. The Kier molecular flexibility index (Phi) is 14.6. The van der Waals surface area contributed by atoms with Crippen LogP contribution in [-0.2, 0) is 4.79 Å². The minimum Gasteiger partial charge on any atom is -0.427 e. The third-order valence-corrected chi connectivity index (χ3v) is 4.56. The van der Waals surface area contributed by atoms with E-state index in [0.717, 1.165) is 12.8 Å². The van der Waals surface area contributed by atoms with Gasteiger partial charge in [0.1, 0.15) is 5.75 Å². The Morgan fingerprint density at radius 2 is 1.38 bits per heavy atom. The third kappa shape index (κ3) is 13.7. The molecule has 0 aliphatic carbocycles. The summed E-state index contributed by atoms with van der Waals surface area (Å²) in [4.78, 5) is 11.7. The predicted octanol–water partition coefficient (Wildman–Crippen LogP) is 7.43. The molecule has 1 radical (unpaired) electrons. The van der Waals surface area contributed by atoms with Gasteiger partial charge in [0.25, 0.3) is 0 Å². The highest BCUT2D eigenvalue weighted by atomic mass is 16.5. The topological polar surface area (TPSA) is 26.3 Å². The fourth-order valence-electron chi connectivity index (χ4n) is 2.96. The van der Waals surface area contributed by atoms with Crippen molar-refractivity contribution in [2.75, 3.05) is 0 Å². The monoisotopic (exact) mass is 357 g/mol. The number of carbonyl (C=O) groups is 1. The summed E-state index contributed by atoms with van der Waals surface area (Å²) < 4.78 is 5.27. The summed E-state index contributed by atoms with van der Waals surface area (Å²) in [6.07, 6.45) is 21.7. The van der Waals surface area contributed by atoms with E-state index >= 15 is 0 Å². The predicted molar refractivity (Wildman–Crippen MR) is 110 cm³/mol. The first-order valence-electron chi connectivity index (χ1n) is 10.6. The van der Waals surface area contributed by atoms with E-state index in [-0.39, 0.29) is 5.97 Å². The van der Waals surface area contributed by atoms with Crippen molar-refractivity contribution >= 4 is 5.97 Å². The molecule has 0 amide bonds. The molecule has 0 aromatic heterocycles. The minimum absolute atomic E-state index is 0.131. The SMILES string of the molecule is CCCCCCCC/C=C\CCCCCCCC(=O)Oc1cc[c]cc1. The van der Waals surface area contributed by atoms with Crippen LogP contribution in [-0.4, -0.2) is 5.97 Å². The van der Waals surface area contributed by atoms with Gasteiger partial charge in [-0.3, -0.25) is 4.79 Å². The van der Waals surface area contributed by atoms with E-state index in [2.05, 4.69) is 25.1 Å². The number of hydrogen-bond acceptors (Lipinski definition) is 2. The van der Waals surface area contributed by atoms with Crippen molar-refractivity contribution in [3.63, 3.8) is 0 Å². The van der Waals surface area contributed by atoms with Crippen LogP contribution in [0.15, 0.2) is 36.4 Å². The molecule has 0 spiro atoms. The number of hydrogen-bond donors (Lipinski definition) is 0. The van der Waals surface area contributed by atoms with Crippen LogP contribution >= 0.6 is 0 Å². The molecule has 145 valence electrons. The highest BCUT2D eigenvalue weighted by molar-refractivity contribution is 5.72. The van der Waals surface area contributed by atoms with Crippen LogP contribution in [0.1, 0.15) is 96.8 Å². The Labute approximate surface area is 161 Å². The summed E-state index contributed by atoms with van der Waals surface area (Å²) >= 11 is 0. The van der Waals surface area contributed by atoms with Crippen molar-refractivity contribution in [1.82, 2.24) is 0 Å². The number of allylic oxidation sites excluding steroid dienone is 2. The molecule has 0 fully saturated rings. The Hall–Kier alpha value is -1.57. The van der Waals surface area contributed by atoms with E-state index in [1.165, 1.54) is 70.6 Å². The molecule has 0 saturated heterocycles. The molecule has 1 rings (SSSR count). The second-order valence-corrected chi connectivity index (χ2v) is 7.04. The first-order chi connectivity index (χ1) is 12.8. The zero-order chi connectivity index (χ0) is 18.7. The molecule has 2 heteroatoms. The van der Waals surface area contributed by atoms with Crippen LogP contribution in [0.2, 0.25) is 0 Å². The molecular formula is C24H37O2. The quantitative estimate of drug-likeness (QED) is 0.133. The van der Waals surface area contributed by atoms with E-state index in [1.54, 1.807) is 24.3 Å². The third-order valence-electron chi connectivity index (χ3n) is 4.56. The summed E-state index contributed by atoms with van der Waals surface area (Å²) in [6.45, 7) is 2.27. The Bertz CT molecular complexity index is 464. The molecule has 0 aliphatic heterocycles. The fourth-order valence-corrected chi connectivity index (χ4v) is 2.96. The molecule has 0 atom stereocenters. The van der Waals surface area contributed by atoms with Crippen molar-refractivity contribution in [1.29, 1.82) is 0 Å². The van der Waals surface area contributed by atoms with Crippen LogP contribution in [0, 0.1) is 6.07 Å². The largest absolute Gasteiger partial charge is 0.427 e. The van der Waals surface area contributed by atoms with Crippen LogP contribution in [0.4, 0.5) is 0 Å². The zero-order valence-electron chi connectivity index (χ0n) is 16.7. The molecule has 1 aromatic rings. The Morgan fingerprint density at radius 3 is 2.00 bits per heavy atom. The Balaban J connectivity index is 1.83. The van der Waals surface area contributed by atoms with Gasteiger partial charge in [-0.2, -0.15) is 0 Å². The number of esters is 1. The summed E-state index contributed by atoms with van der Waals surface area (Å²) in [5, 5.41) is 0. The first kappa shape index (κ1) is 22.5. The zero-order valence-corrected chi connectivity index (χ0v) is 16.7. The van der Waals surface area contributed by atoms with Crippen LogP contribution in [0.5, 0.6) is 5.75 Å². The van der Waals surface area contributed by atoms with Crippen LogP contribution in [0.25, 0.3) is 0 Å². The van der Waals surface area contributed by atoms with Gasteiger partial charge in [0.15, 0.2) is 0 Å². The number of carbonyl (C=O) groups excluding carboxylic acids is 1. The summed E-state index contributed by atoms with van der Waals surface area (Å²) in [7, 11) is 0. The lowest BCUT2D eigenvalue weighted by Crippen LogP contribution is -2.07. The van der Waals surface area contributed by atoms with Crippen molar-refractivity contribution in [2.45, 2.75) is 96.8 Å². The highest BCUT2D eigenvalue weighted by Crippen LogP contribution is 2.12. The van der Waals surface area contributed by atoms with E-state index < -0.39 is 0 Å². The molecule has 0 N–H and O–H groups in total. The van der Waals surface area contributed by atoms with Gasteiger partial charge in [-0.25, -0.2) is 0 Å². The lowest BCUT2D eigenvalue weighted by Gasteiger charge is -2.03. The van der Waals surface area contributed by atoms with Gasteiger partial charge in [-0.1, -0.05) is 82.6 Å². The van der Waals surface area contributed by atoms with Gasteiger partial charge in [-0.05, 0) is 50.3 Å². The number of unbranched alkanes of at least 4 members (excludes halogenated alkanes) is 11. The highest BCUT2D eigenvalue weighted by Gasteiger charge is 2.03. The van der Waals surface area contributed by atoms with Crippen molar-refractivity contribution in [2.24, 2.45) is 0 Å². The van der Waals surface area contributed by atoms with Crippen molar-refractivity contribution < 1.29 is 9.53 Å². The van der Waals surface area contributed by atoms with Crippen LogP contribution in [0.3, 0.4) is 0 Å². The van der Waals surface area contributed by atoms with Gasteiger partial charge in [-0.15, -0.1) is 0 Å². The second kappa shape index (κ2) is 16.9. The maximum atomic E-state index is 11.7. The van der Waals surface area contributed by atoms with Gasteiger partial charge < -0.3 is 4.74 Å². The second-order valence-electron chi connectivity index (χ2n) is 7.04. The fraction of sp³-hybridized carbons (Fsp3) is 0.625. The van der Waals surface area contributed by atoms with Crippen molar-refractivity contribution in [3.8, 4) is 5.75 Å². The summed E-state index contributed by atoms with van der Waals surface area (Å²) in [6, 6.07) is 9.94. The van der Waals surface area contributed by atoms with E-state index in [4.69, 9.17) is 4.74 Å². The molecule has 1 aromatic carbocycles. The van der Waals surface area contributed by atoms with Gasteiger partial charge >= 0.3 is 5.97 Å². The number of rotatable bonds is 16. The smallest absolute Gasteiger partial charge is 0.311 e.